The first kappa shape index (κ1) is 14.2. The summed E-state index contributed by atoms with van der Waals surface area (Å²) >= 11 is 0. The second kappa shape index (κ2) is 4.77. The van der Waals surface area contributed by atoms with E-state index in [4.69, 9.17) is 10.5 Å². The second-order valence-electron chi connectivity index (χ2n) is 5.75. The first-order chi connectivity index (χ1) is 7.35. The van der Waals surface area contributed by atoms with E-state index in [9.17, 15) is 4.79 Å². The zero-order chi connectivity index (χ0) is 11.9. The van der Waals surface area contributed by atoms with Crippen molar-refractivity contribution in [2.45, 2.75) is 32.8 Å². The minimum Gasteiger partial charge on any atom is -0.444 e. The standard InChI is InChI=1S/C12H20N2O2.ClH/c1-12(2,3)16-11(15)14-6-8-4-10(13)5-9(8)7-14;/h4,8-9H,5-7,13H2,1-3H3;1H/t8-,9+;/m0./s1. The second-order valence-corrected chi connectivity index (χ2v) is 5.75. The Morgan fingerprint density at radius 1 is 1.47 bits per heavy atom. The van der Waals surface area contributed by atoms with Gasteiger partial charge in [0.2, 0.25) is 0 Å². The van der Waals surface area contributed by atoms with E-state index in [1.165, 1.54) is 0 Å². The Morgan fingerprint density at radius 2 is 2.12 bits per heavy atom. The molecule has 98 valence electrons. The van der Waals surface area contributed by atoms with Crippen LogP contribution in [0.2, 0.25) is 0 Å². The molecule has 5 heteroatoms. The van der Waals surface area contributed by atoms with Crippen LogP contribution in [0.1, 0.15) is 27.2 Å². The van der Waals surface area contributed by atoms with Crippen LogP contribution in [0.15, 0.2) is 11.8 Å². The molecule has 0 saturated carbocycles. The van der Waals surface area contributed by atoms with Crippen LogP contribution in [0.25, 0.3) is 0 Å². The number of allylic oxidation sites excluding steroid dienone is 1. The molecule has 0 aromatic rings. The molecule has 2 atom stereocenters. The Hall–Kier alpha value is -0.900. The summed E-state index contributed by atoms with van der Waals surface area (Å²) in [6.45, 7) is 7.19. The smallest absolute Gasteiger partial charge is 0.410 e. The molecule has 1 saturated heterocycles. The minimum absolute atomic E-state index is 0. The highest BCUT2D eigenvalue weighted by Crippen LogP contribution is 2.35. The van der Waals surface area contributed by atoms with Crippen LogP contribution >= 0.6 is 12.4 Å². The summed E-state index contributed by atoms with van der Waals surface area (Å²) in [5.74, 6) is 0.944. The summed E-state index contributed by atoms with van der Waals surface area (Å²) in [6.07, 6.45) is 2.81. The Labute approximate surface area is 109 Å². The fourth-order valence-corrected chi connectivity index (χ4v) is 2.42. The van der Waals surface area contributed by atoms with Gasteiger partial charge < -0.3 is 15.4 Å². The van der Waals surface area contributed by atoms with Crippen molar-refractivity contribution in [2.24, 2.45) is 17.6 Å². The van der Waals surface area contributed by atoms with Crippen LogP contribution in [-0.4, -0.2) is 29.7 Å². The van der Waals surface area contributed by atoms with Crippen LogP contribution in [0.4, 0.5) is 4.79 Å². The lowest BCUT2D eigenvalue weighted by Crippen LogP contribution is -2.35. The van der Waals surface area contributed by atoms with E-state index in [1.54, 1.807) is 4.90 Å². The summed E-state index contributed by atoms with van der Waals surface area (Å²) in [5, 5.41) is 0. The van der Waals surface area contributed by atoms with Crippen molar-refractivity contribution in [3.05, 3.63) is 11.8 Å². The minimum atomic E-state index is -0.413. The van der Waals surface area contributed by atoms with Crippen molar-refractivity contribution in [3.63, 3.8) is 0 Å². The van der Waals surface area contributed by atoms with Gasteiger partial charge in [0.25, 0.3) is 0 Å². The van der Waals surface area contributed by atoms with Gasteiger partial charge in [0.05, 0.1) is 0 Å². The quantitative estimate of drug-likeness (QED) is 0.726. The van der Waals surface area contributed by atoms with Gasteiger partial charge in [-0.15, -0.1) is 12.4 Å². The van der Waals surface area contributed by atoms with Gasteiger partial charge in [0.1, 0.15) is 5.60 Å². The SMILES string of the molecule is CC(C)(C)OC(=O)N1C[C@H]2CC(N)=C[C@H]2C1.Cl. The molecule has 0 radical (unpaired) electrons. The number of nitrogens with two attached hydrogens (primary N) is 1. The fourth-order valence-electron chi connectivity index (χ4n) is 2.42. The zero-order valence-electron chi connectivity index (χ0n) is 10.6. The van der Waals surface area contributed by atoms with Crippen molar-refractivity contribution in [1.29, 1.82) is 0 Å². The molecule has 17 heavy (non-hydrogen) atoms. The molecule has 0 spiro atoms. The normalized spacial score (nSPS) is 27.2. The number of ether oxygens (including phenoxy) is 1. The number of hydrogen-bond acceptors (Lipinski definition) is 3. The lowest BCUT2D eigenvalue weighted by molar-refractivity contribution is 0.0285. The molecule has 2 N–H and O–H groups in total. The first-order valence-electron chi connectivity index (χ1n) is 5.79. The van der Waals surface area contributed by atoms with Gasteiger partial charge in [-0.1, -0.05) is 6.08 Å². The van der Waals surface area contributed by atoms with Gasteiger partial charge in [-0.25, -0.2) is 4.79 Å². The van der Waals surface area contributed by atoms with Crippen LogP contribution in [0.3, 0.4) is 0 Å². The number of amides is 1. The Balaban J connectivity index is 0.00000144. The van der Waals surface area contributed by atoms with Crippen LogP contribution in [-0.2, 0) is 4.74 Å². The number of carbonyl (C=O) groups is 1. The van der Waals surface area contributed by atoms with E-state index in [0.29, 0.717) is 11.8 Å². The number of likely N-dealkylation sites (tertiary alicyclic amines) is 1. The molecule has 0 unspecified atom stereocenters. The number of fused-ring (bicyclic) bond motifs is 1. The molecule has 2 aliphatic rings. The molecule has 1 aliphatic heterocycles. The molecule has 1 aliphatic carbocycles. The molecule has 4 nitrogen and oxygen atoms in total. The van der Waals surface area contributed by atoms with Gasteiger partial charge in [-0.05, 0) is 33.1 Å². The van der Waals surface area contributed by atoms with E-state index in [0.717, 1.165) is 25.2 Å². The molecule has 1 fully saturated rings. The Morgan fingerprint density at radius 3 is 2.65 bits per heavy atom. The van der Waals surface area contributed by atoms with E-state index in [2.05, 4.69) is 6.08 Å². The molecule has 1 heterocycles. The highest BCUT2D eigenvalue weighted by atomic mass is 35.5. The molecule has 0 aromatic heterocycles. The number of halogens is 1. The monoisotopic (exact) mass is 260 g/mol. The average Bonchev–Trinajstić information content (AvgIpc) is 2.56. The summed E-state index contributed by atoms with van der Waals surface area (Å²) in [7, 11) is 0. The molecular weight excluding hydrogens is 240 g/mol. The number of hydrogen-bond donors (Lipinski definition) is 1. The van der Waals surface area contributed by atoms with E-state index in [1.807, 2.05) is 20.8 Å². The first-order valence-corrected chi connectivity index (χ1v) is 5.79. The highest BCUT2D eigenvalue weighted by Gasteiger charge is 2.38. The van der Waals surface area contributed by atoms with Crippen LogP contribution < -0.4 is 5.73 Å². The van der Waals surface area contributed by atoms with E-state index in [-0.39, 0.29) is 18.5 Å². The van der Waals surface area contributed by atoms with Crippen molar-refractivity contribution >= 4 is 18.5 Å². The van der Waals surface area contributed by atoms with Crippen LogP contribution in [0.5, 0.6) is 0 Å². The lowest BCUT2D eigenvalue weighted by Gasteiger charge is -2.24. The van der Waals surface area contributed by atoms with Crippen molar-refractivity contribution in [3.8, 4) is 0 Å². The molecule has 0 bridgehead atoms. The van der Waals surface area contributed by atoms with Gasteiger partial charge in [0, 0.05) is 24.7 Å². The van der Waals surface area contributed by atoms with E-state index < -0.39 is 5.60 Å². The number of rotatable bonds is 0. The Bertz CT molecular complexity index is 336. The topological polar surface area (TPSA) is 55.6 Å². The molecular formula is C12H21ClN2O2. The Kier molecular flexibility index (Phi) is 3.97. The maximum atomic E-state index is 11.8. The molecule has 0 aromatic carbocycles. The predicted octanol–water partition coefficient (Wildman–Crippen LogP) is 2.14. The zero-order valence-corrected chi connectivity index (χ0v) is 11.4. The fraction of sp³-hybridized carbons (Fsp3) is 0.750. The van der Waals surface area contributed by atoms with Gasteiger partial charge in [-0.3, -0.25) is 0 Å². The maximum absolute atomic E-state index is 11.8. The van der Waals surface area contributed by atoms with E-state index >= 15 is 0 Å². The van der Waals surface area contributed by atoms with Gasteiger partial charge in [0.15, 0.2) is 0 Å². The van der Waals surface area contributed by atoms with Crippen molar-refractivity contribution in [1.82, 2.24) is 4.90 Å². The summed E-state index contributed by atoms with van der Waals surface area (Å²) < 4.78 is 5.35. The third-order valence-electron chi connectivity index (χ3n) is 3.07. The van der Waals surface area contributed by atoms with Gasteiger partial charge in [-0.2, -0.15) is 0 Å². The molecule has 1 amide bonds. The predicted molar refractivity (Wildman–Crippen MR) is 68.9 cm³/mol. The average molecular weight is 261 g/mol. The summed E-state index contributed by atoms with van der Waals surface area (Å²) in [6, 6.07) is 0. The molecule has 2 rings (SSSR count). The van der Waals surface area contributed by atoms with Crippen molar-refractivity contribution < 1.29 is 9.53 Å². The summed E-state index contributed by atoms with van der Waals surface area (Å²) in [5.41, 5.74) is 6.33. The third kappa shape index (κ3) is 3.28. The van der Waals surface area contributed by atoms with Crippen LogP contribution in [0, 0.1) is 11.8 Å². The number of nitrogens with zero attached hydrogens (tertiary/aromatic N) is 1. The van der Waals surface area contributed by atoms with Gasteiger partial charge >= 0.3 is 6.09 Å². The largest absolute Gasteiger partial charge is 0.444 e. The lowest BCUT2D eigenvalue weighted by atomic mass is 10.0. The van der Waals surface area contributed by atoms with Crippen molar-refractivity contribution in [2.75, 3.05) is 13.1 Å². The number of carbonyl (C=O) groups excluding carboxylic acids is 1. The maximum Gasteiger partial charge on any atom is 0.410 e. The highest BCUT2D eigenvalue weighted by molar-refractivity contribution is 5.85. The summed E-state index contributed by atoms with van der Waals surface area (Å²) in [4.78, 5) is 13.6. The third-order valence-corrected chi connectivity index (χ3v) is 3.07.